The van der Waals surface area contributed by atoms with Crippen molar-refractivity contribution in [2.75, 3.05) is 6.16 Å². The standard InChI is InChI=1S/C5H9P/c1-5-3-2-4-6-5/h6H,1-4H2. The van der Waals surface area contributed by atoms with E-state index in [0.717, 1.165) is 8.58 Å². The van der Waals surface area contributed by atoms with E-state index in [9.17, 15) is 0 Å². The normalized spacial score (nSPS) is 26.3. The molecule has 1 heteroatoms. The van der Waals surface area contributed by atoms with Crippen LogP contribution in [0, 0.1) is 0 Å². The fraction of sp³-hybridized carbons (Fsp3) is 0.600. The summed E-state index contributed by atoms with van der Waals surface area (Å²) in [6.07, 6.45) is 4.12. The van der Waals surface area contributed by atoms with Crippen LogP contribution in [0.4, 0.5) is 0 Å². The van der Waals surface area contributed by atoms with Gasteiger partial charge in [-0.05, 0) is 19.0 Å². The summed E-state index contributed by atoms with van der Waals surface area (Å²) in [6, 6.07) is 0. The highest BCUT2D eigenvalue weighted by molar-refractivity contribution is 7.43. The Morgan fingerprint density at radius 3 is 2.67 bits per heavy atom. The van der Waals surface area contributed by atoms with E-state index in [-0.39, 0.29) is 0 Å². The van der Waals surface area contributed by atoms with Crippen molar-refractivity contribution < 1.29 is 0 Å². The first kappa shape index (κ1) is 4.33. The van der Waals surface area contributed by atoms with Gasteiger partial charge in [-0.2, -0.15) is 0 Å². The first-order valence-electron chi connectivity index (χ1n) is 2.31. The molecule has 1 atom stereocenters. The van der Waals surface area contributed by atoms with Gasteiger partial charge in [-0.25, -0.2) is 0 Å². The van der Waals surface area contributed by atoms with Gasteiger partial charge in [0.15, 0.2) is 0 Å². The Labute approximate surface area is 40.4 Å². The van der Waals surface area contributed by atoms with E-state index < -0.39 is 0 Å². The van der Waals surface area contributed by atoms with Crippen LogP contribution in [0.2, 0.25) is 0 Å². The molecular weight excluding hydrogens is 91.0 g/mol. The minimum atomic E-state index is 1.09. The van der Waals surface area contributed by atoms with Crippen LogP contribution in [0.15, 0.2) is 11.9 Å². The largest absolute Gasteiger partial charge is 0.0956 e. The SMILES string of the molecule is C=C1CCCP1. The van der Waals surface area contributed by atoms with Crippen molar-refractivity contribution in [1.82, 2.24) is 0 Å². The van der Waals surface area contributed by atoms with Crippen molar-refractivity contribution in [3.63, 3.8) is 0 Å². The van der Waals surface area contributed by atoms with Crippen LogP contribution in [-0.2, 0) is 0 Å². The second-order valence-corrected chi connectivity index (χ2v) is 3.19. The molecular formula is C5H9P. The highest BCUT2D eigenvalue weighted by atomic mass is 31.1. The molecule has 6 heavy (non-hydrogen) atoms. The van der Waals surface area contributed by atoms with Crippen molar-refractivity contribution >= 4 is 8.58 Å². The van der Waals surface area contributed by atoms with Gasteiger partial charge in [-0.3, -0.25) is 0 Å². The lowest BCUT2D eigenvalue weighted by molar-refractivity contribution is 0.998. The molecule has 0 N–H and O–H groups in total. The quantitative estimate of drug-likeness (QED) is 0.408. The van der Waals surface area contributed by atoms with Crippen LogP contribution < -0.4 is 0 Å². The summed E-state index contributed by atoms with van der Waals surface area (Å²) in [5, 5.41) is 1.48. The van der Waals surface area contributed by atoms with Crippen LogP contribution in [-0.4, -0.2) is 6.16 Å². The zero-order chi connectivity index (χ0) is 4.41. The third kappa shape index (κ3) is 0.815. The predicted octanol–water partition coefficient (Wildman–Crippen LogP) is 1.97. The first-order chi connectivity index (χ1) is 2.89. The Kier molecular flexibility index (Phi) is 1.26. The lowest BCUT2D eigenvalue weighted by Crippen LogP contribution is -1.57. The van der Waals surface area contributed by atoms with Crippen LogP contribution in [0.25, 0.3) is 0 Å². The summed E-state index contributed by atoms with van der Waals surface area (Å²) < 4.78 is 0. The Morgan fingerprint density at radius 1 is 1.67 bits per heavy atom. The lowest BCUT2D eigenvalue weighted by atomic mass is 10.3. The molecule has 0 saturated carbocycles. The van der Waals surface area contributed by atoms with E-state index in [1.807, 2.05) is 0 Å². The summed E-state index contributed by atoms with van der Waals surface area (Å²) in [6.45, 7) is 3.87. The maximum absolute atomic E-state index is 3.87. The van der Waals surface area contributed by atoms with Gasteiger partial charge in [0.05, 0.1) is 0 Å². The van der Waals surface area contributed by atoms with Gasteiger partial charge in [0.1, 0.15) is 0 Å². The molecule has 0 aromatic carbocycles. The monoisotopic (exact) mass is 100 g/mol. The third-order valence-electron chi connectivity index (χ3n) is 1.03. The van der Waals surface area contributed by atoms with Crippen LogP contribution in [0.3, 0.4) is 0 Å². The summed E-state index contributed by atoms with van der Waals surface area (Å²) in [4.78, 5) is 0. The Bertz CT molecular complexity index is 58.3. The van der Waals surface area contributed by atoms with Crippen molar-refractivity contribution in [3.8, 4) is 0 Å². The van der Waals surface area contributed by atoms with Gasteiger partial charge in [-0.1, -0.05) is 20.5 Å². The average Bonchev–Trinajstić information content (AvgIpc) is 1.86. The molecule has 1 saturated heterocycles. The first-order valence-corrected chi connectivity index (χ1v) is 3.52. The molecule has 1 heterocycles. The fourth-order valence-corrected chi connectivity index (χ4v) is 1.72. The topological polar surface area (TPSA) is 0 Å². The number of rotatable bonds is 0. The second-order valence-electron chi connectivity index (χ2n) is 1.63. The molecule has 0 aromatic rings. The van der Waals surface area contributed by atoms with Gasteiger partial charge >= 0.3 is 0 Å². The van der Waals surface area contributed by atoms with Crippen molar-refractivity contribution in [1.29, 1.82) is 0 Å². The second kappa shape index (κ2) is 1.75. The van der Waals surface area contributed by atoms with Gasteiger partial charge in [0, 0.05) is 0 Å². The van der Waals surface area contributed by atoms with Gasteiger partial charge < -0.3 is 0 Å². The zero-order valence-electron chi connectivity index (χ0n) is 3.83. The Balaban J connectivity index is 2.37. The molecule has 1 fully saturated rings. The van der Waals surface area contributed by atoms with Crippen LogP contribution in [0.5, 0.6) is 0 Å². The van der Waals surface area contributed by atoms with Crippen LogP contribution in [0.1, 0.15) is 12.8 Å². The lowest BCUT2D eigenvalue weighted by Gasteiger charge is -1.80. The van der Waals surface area contributed by atoms with Gasteiger partial charge in [-0.15, -0.1) is 0 Å². The highest BCUT2D eigenvalue weighted by Gasteiger charge is 2.00. The Hall–Kier alpha value is 0.170. The summed E-state index contributed by atoms with van der Waals surface area (Å²) in [5.74, 6) is 0. The summed E-state index contributed by atoms with van der Waals surface area (Å²) in [7, 11) is 1.09. The average molecular weight is 100 g/mol. The number of hydrogen-bond donors (Lipinski definition) is 0. The van der Waals surface area contributed by atoms with Crippen molar-refractivity contribution in [2.24, 2.45) is 0 Å². The molecule has 0 nitrogen and oxygen atoms in total. The fourth-order valence-electron chi connectivity index (χ4n) is 0.655. The smallest absolute Gasteiger partial charge is 0.0279 e. The maximum Gasteiger partial charge on any atom is -0.0279 e. The van der Waals surface area contributed by atoms with Gasteiger partial charge in [0.2, 0.25) is 0 Å². The molecule has 1 aliphatic heterocycles. The summed E-state index contributed by atoms with van der Waals surface area (Å²) in [5.41, 5.74) is 0. The minimum Gasteiger partial charge on any atom is -0.0956 e. The maximum atomic E-state index is 3.87. The molecule has 0 amide bonds. The van der Waals surface area contributed by atoms with E-state index in [1.165, 1.54) is 24.3 Å². The molecule has 0 radical (unpaired) electrons. The molecule has 0 spiro atoms. The summed E-state index contributed by atoms with van der Waals surface area (Å²) >= 11 is 0. The van der Waals surface area contributed by atoms with E-state index in [4.69, 9.17) is 0 Å². The number of allylic oxidation sites excluding steroid dienone is 1. The van der Waals surface area contributed by atoms with Crippen LogP contribution >= 0.6 is 8.58 Å². The van der Waals surface area contributed by atoms with E-state index in [0.29, 0.717) is 0 Å². The van der Waals surface area contributed by atoms with Gasteiger partial charge in [0.25, 0.3) is 0 Å². The van der Waals surface area contributed by atoms with E-state index in [1.54, 1.807) is 0 Å². The Morgan fingerprint density at radius 2 is 2.50 bits per heavy atom. The molecule has 0 aliphatic carbocycles. The molecule has 0 bridgehead atoms. The molecule has 1 aliphatic rings. The zero-order valence-corrected chi connectivity index (χ0v) is 4.83. The van der Waals surface area contributed by atoms with Crippen molar-refractivity contribution in [2.45, 2.75) is 12.8 Å². The molecule has 1 rings (SSSR count). The third-order valence-corrected chi connectivity index (χ3v) is 2.38. The predicted molar refractivity (Wildman–Crippen MR) is 31.6 cm³/mol. The molecule has 0 aromatic heterocycles. The molecule has 34 valence electrons. The van der Waals surface area contributed by atoms with E-state index in [2.05, 4.69) is 6.58 Å². The van der Waals surface area contributed by atoms with Crippen molar-refractivity contribution in [3.05, 3.63) is 11.9 Å². The molecule has 1 unspecified atom stereocenters. The minimum absolute atomic E-state index is 1.09. The highest BCUT2D eigenvalue weighted by Crippen LogP contribution is 2.34. The number of hydrogen-bond acceptors (Lipinski definition) is 0. The van der Waals surface area contributed by atoms with E-state index >= 15 is 0 Å².